The third-order valence-electron chi connectivity index (χ3n) is 3.39. The molecule has 1 aromatic carbocycles. The minimum absolute atomic E-state index is 0.0396. The maximum absolute atomic E-state index is 12.3. The lowest BCUT2D eigenvalue weighted by atomic mass is 10.1. The van der Waals surface area contributed by atoms with E-state index in [4.69, 9.17) is 0 Å². The molecule has 3 nitrogen and oxygen atoms in total. The Morgan fingerprint density at radius 1 is 1.04 bits per heavy atom. The van der Waals surface area contributed by atoms with Crippen molar-refractivity contribution in [3.8, 4) is 5.75 Å². The predicted molar refractivity (Wildman–Crippen MR) is 84.4 cm³/mol. The molecule has 1 rings (SSSR count). The molecule has 1 N–H and O–H groups in total. The van der Waals surface area contributed by atoms with Gasteiger partial charge in [-0.2, -0.15) is 0 Å². The first-order chi connectivity index (χ1) is 10.9. The molecule has 23 heavy (non-hydrogen) atoms. The number of hydrogen-bond donors (Lipinski definition) is 1. The highest BCUT2D eigenvalue weighted by Crippen LogP contribution is 2.30. The third-order valence-corrected chi connectivity index (χ3v) is 3.39. The van der Waals surface area contributed by atoms with Gasteiger partial charge in [-0.05, 0) is 18.6 Å². The number of carbonyl (C=O) groups is 1. The number of halogens is 3. The van der Waals surface area contributed by atoms with Crippen molar-refractivity contribution in [2.75, 3.05) is 5.32 Å². The molecule has 6 heteroatoms. The van der Waals surface area contributed by atoms with Crippen LogP contribution in [0.15, 0.2) is 24.3 Å². The standard InChI is InChI=1S/C17H24F3NO2/c1-2-3-4-5-6-7-8-13-16(22)21-14-11-9-10-12-15(14)23-17(18,19)20/h9-12H,2-8,13H2,1H3,(H,21,22). The molecular weight excluding hydrogens is 307 g/mol. The van der Waals surface area contributed by atoms with Gasteiger partial charge in [-0.15, -0.1) is 13.2 Å². The van der Waals surface area contributed by atoms with Crippen LogP contribution < -0.4 is 10.1 Å². The zero-order valence-corrected chi connectivity index (χ0v) is 13.4. The van der Waals surface area contributed by atoms with Crippen molar-refractivity contribution in [2.45, 2.75) is 64.7 Å². The zero-order valence-electron chi connectivity index (χ0n) is 13.4. The molecule has 0 bridgehead atoms. The number of rotatable bonds is 10. The van der Waals surface area contributed by atoms with Crippen LogP contribution in [-0.4, -0.2) is 12.3 Å². The normalized spacial score (nSPS) is 11.3. The van der Waals surface area contributed by atoms with Crippen molar-refractivity contribution in [3.05, 3.63) is 24.3 Å². The molecular formula is C17H24F3NO2. The van der Waals surface area contributed by atoms with Gasteiger partial charge in [0.2, 0.25) is 5.91 Å². The number of amides is 1. The van der Waals surface area contributed by atoms with Gasteiger partial charge >= 0.3 is 6.36 Å². The summed E-state index contributed by atoms with van der Waals surface area (Å²) in [5.74, 6) is -0.690. The minimum Gasteiger partial charge on any atom is -0.404 e. The van der Waals surface area contributed by atoms with E-state index in [1.807, 2.05) is 0 Å². The van der Waals surface area contributed by atoms with Crippen LogP contribution in [0.2, 0.25) is 0 Å². The molecule has 0 atom stereocenters. The highest BCUT2D eigenvalue weighted by atomic mass is 19.4. The molecule has 0 heterocycles. The van der Waals surface area contributed by atoms with Crippen LogP contribution in [0.3, 0.4) is 0 Å². The third kappa shape index (κ3) is 9.11. The molecule has 0 aliphatic rings. The van der Waals surface area contributed by atoms with Crippen LogP contribution in [0.1, 0.15) is 58.3 Å². The fourth-order valence-corrected chi connectivity index (χ4v) is 2.24. The zero-order chi connectivity index (χ0) is 17.1. The lowest BCUT2D eigenvalue weighted by Gasteiger charge is -2.13. The Balaban J connectivity index is 2.34. The summed E-state index contributed by atoms with van der Waals surface area (Å²) in [6, 6.07) is 5.54. The maximum Gasteiger partial charge on any atom is 0.573 e. The van der Waals surface area contributed by atoms with Crippen molar-refractivity contribution >= 4 is 11.6 Å². The summed E-state index contributed by atoms with van der Waals surface area (Å²) >= 11 is 0. The Kier molecular flexibility index (Phi) is 8.51. The second kappa shape index (κ2) is 10.1. The van der Waals surface area contributed by atoms with Crippen molar-refractivity contribution in [1.82, 2.24) is 0 Å². The molecule has 130 valence electrons. The van der Waals surface area contributed by atoms with Crippen LogP contribution in [0.5, 0.6) is 5.75 Å². The van der Waals surface area contributed by atoms with Crippen molar-refractivity contribution in [2.24, 2.45) is 0 Å². The minimum atomic E-state index is -4.78. The van der Waals surface area contributed by atoms with E-state index in [9.17, 15) is 18.0 Å². The molecule has 1 aromatic rings. The van der Waals surface area contributed by atoms with E-state index in [0.29, 0.717) is 6.42 Å². The molecule has 0 saturated heterocycles. The van der Waals surface area contributed by atoms with Crippen LogP contribution in [0, 0.1) is 0 Å². The topological polar surface area (TPSA) is 38.3 Å². The summed E-state index contributed by atoms with van der Waals surface area (Å²) < 4.78 is 40.8. The molecule has 0 aromatic heterocycles. The van der Waals surface area contributed by atoms with E-state index >= 15 is 0 Å². The summed E-state index contributed by atoms with van der Waals surface area (Å²) in [5, 5.41) is 2.48. The highest BCUT2D eigenvalue weighted by Gasteiger charge is 2.32. The van der Waals surface area contributed by atoms with Gasteiger partial charge in [-0.1, -0.05) is 57.6 Å². The van der Waals surface area contributed by atoms with Gasteiger partial charge in [0.25, 0.3) is 0 Å². The first-order valence-corrected chi connectivity index (χ1v) is 8.07. The summed E-state index contributed by atoms with van der Waals surface area (Å²) in [5.41, 5.74) is 0.0396. The van der Waals surface area contributed by atoms with E-state index in [-0.39, 0.29) is 11.6 Å². The SMILES string of the molecule is CCCCCCCCCC(=O)Nc1ccccc1OC(F)(F)F. The quantitative estimate of drug-likeness (QED) is 0.561. The fraction of sp³-hybridized carbons (Fsp3) is 0.588. The predicted octanol–water partition coefficient (Wildman–Crippen LogP) is 5.66. The second-order valence-corrected chi connectivity index (χ2v) is 5.46. The second-order valence-electron chi connectivity index (χ2n) is 5.46. The van der Waals surface area contributed by atoms with Gasteiger partial charge < -0.3 is 10.1 Å². The van der Waals surface area contributed by atoms with Crippen LogP contribution in [0.4, 0.5) is 18.9 Å². The lowest BCUT2D eigenvalue weighted by molar-refractivity contribution is -0.274. The van der Waals surface area contributed by atoms with E-state index in [0.717, 1.165) is 25.7 Å². The van der Waals surface area contributed by atoms with E-state index in [1.54, 1.807) is 6.07 Å². The number of ether oxygens (including phenoxy) is 1. The molecule has 0 radical (unpaired) electrons. The molecule has 0 unspecified atom stereocenters. The number of benzene rings is 1. The summed E-state index contributed by atoms with van der Waals surface area (Å²) in [4.78, 5) is 11.8. The van der Waals surface area contributed by atoms with Crippen LogP contribution >= 0.6 is 0 Å². The Hall–Kier alpha value is -1.72. The van der Waals surface area contributed by atoms with Crippen molar-refractivity contribution < 1.29 is 22.7 Å². The van der Waals surface area contributed by atoms with Gasteiger partial charge in [0.05, 0.1) is 5.69 Å². The van der Waals surface area contributed by atoms with E-state index in [1.165, 1.54) is 37.5 Å². The first-order valence-electron chi connectivity index (χ1n) is 8.07. The Labute approximate surface area is 135 Å². The monoisotopic (exact) mass is 331 g/mol. The number of carbonyl (C=O) groups excluding carboxylic acids is 1. The average Bonchev–Trinajstić information content (AvgIpc) is 2.47. The van der Waals surface area contributed by atoms with Gasteiger partial charge in [-0.25, -0.2) is 0 Å². The highest BCUT2D eigenvalue weighted by molar-refractivity contribution is 5.92. The number of para-hydroxylation sites is 2. The van der Waals surface area contributed by atoms with Gasteiger partial charge in [-0.3, -0.25) is 4.79 Å². The number of alkyl halides is 3. The smallest absolute Gasteiger partial charge is 0.404 e. The maximum atomic E-state index is 12.3. The lowest BCUT2D eigenvalue weighted by Crippen LogP contribution is -2.19. The first kappa shape index (κ1) is 19.3. The van der Waals surface area contributed by atoms with E-state index < -0.39 is 12.1 Å². The molecule has 0 aliphatic carbocycles. The molecule has 0 fully saturated rings. The Bertz CT molecular complexity index is 475. The largest absolute Gasteiger partial charge is 0.573 e. The molecule has 0 aliphatic heterocycles. The summed E-state index contributed by atoms with van der Waals surface area (Å²) in [6.45, 7) is 2.16. The Morgan fingerprint density at radius 2 is 1.65 bits per heavy atom. The van der Waals surface area contributed by atoms with Gasteiger partial charge in [0, 0.05) is 6.42 Å². The van der Waals surface area contributed by atoms with Crippen molar-refractivity contribution in [1.29, 1.82) is 0 Å². The molecule has 0 saturated carbocycles. The summed E-state index contributed by atoms with van der Waals surface area (Å²) in [7, 11) is 0. The van der Waals surface area contributed by atoms with Gasteiger partial charge in [0.15, 0.2) is 5.75 Å². The van der Waals surface area contributed by atoms with Crippen LogP contribution in [-0.2, 0) is 4.79 Å². The number of hydrogen-bond acceptors (Lipinski definition) is 2. The van der Waals surface area contributed by atoms with Gasteiger partial charge in [0.1, 0.15) is 0 Å². The van der Waals surface area contributed by atoms with Crippen LogP contribution in [0.25, 0.3) is 0 Å². The fourth-order valence-electron chi connectivity index (χ4n) is 2.24. The molecule has 1 amide bonds. The number of unbranched alkanes of at least 4 members (excludes halogenated alkanes) is 6. The van der Waals surface area contributed by atoms with Crippen molar-refractivity contribution in [3.63, 3.8) is 0 Å². The number of nitrogens with one attached hydrogen (secondary N) is 1. The Morgan fingerprint density at radius 3 is 2.30 bits per heavy atom. The van der Waals surface area contributed by atoms with E-state index in [2.05, 4.69) is 17.0 Å². The number of anilines is 1. The summed E-state index contributed by atoms with van der Waals surface area (Å²) in [6.07, 6.45) is 3.10. The molecule has 0 spiro atoms. The average molecular weight is 331 g/mol.